The van der Waals surface area contributed by atoms with E-state index in [0.29, 0.717) is 19.1 Å². The molecule has 8 nitrogen and oxygen atoms in total. The topological polar surface area (TPSA) is 103 Å². The molecule has 4 rings (SSSR count). The van der Waals surface area contributed by atoms with Crippen LogP contribution in [0.1, 0.15) is 52.9 Å². The Hall–Kier alpha value is -3.93. The molecular formula is C27H27F4N3O5. The number of carboxylic acid groups (broad SMARTS) is 1. The van der Waals surface area contributed by atoms with Crippen LogP contribution in [-0.4, -0.2) is 38.9 Å². The number of rotatable bonds is 10. The fourth-order valence-electron chi connectivity index (χ4n) is 4.45. The molecule has 2 atom stereocenters. The quantitative estimate of drug-likeness (QED) is 0.347. The van der Waals surface area contributed by atoms with Gasteiger partial charge < -0.3 is 19.9 Å². The number of carboxylic acids is 1. The molecule has 2 N–H and O–H groups in total. The molecule has 208 valence electrons. The van der Waals surface area contributed by atoms with Gasteiger partial charge in [-0.1, -0.05) is 49.2 Å². The number of amides is 1. The van der Waals surface area contributed by atoms with Crippen molar-refractivity contribution in [3.63, 3.8) is 0 Å². The van der Waals surface area contributed by atoms with Crippen molar-refractivity contribution in [2.75, 3.05) is 0 Å². The van der Waals surface area contributed by atoms with Gasteiger partial charge in [-0.25, -0.2) is 13.9 Å². The first-order valence-electron chi connectivity index (χ1n) is 12.3. The van der Waals surface area contributed by atoms with Gasteiger partial charge in [-0.15, -0.1) is 0 Å². The molecule has 39 heavy (non-hydrogen) atoms. The molecule has 1 aromatic heterocycles. The van der Waals surface area contributed by atoms with E-state index in [2.05, 4.69) is 10.4 Å². The maximum absolute atomic E-state index is 13.4. The zero-order valence-electron chi connectivity index (χ0n) is 20.8. The molecule has 0 radical (unpaired) electrons. The fraction of sp³-hybridized carbons (Fsp3) is 0.370. The zero-order chi connectivity index (χ0) is 28.0. The number of carbonyl (C=O) groups excluding carboxylic acids is 1. The molecule has 0 saturated heterocycles. The highest BCUT2D eigenvalue weighted by atomic mass is 19.4. The Morgan fingerprint density at radius 3 is 2.51 bits per heavy atom. The summed E-state index contributed by atoms with van der Waals surface area (Å²) in [6.45, 7) is -0.695. The van der Waals surface area contributed by atoms with Crippen LogP contribution >= 0.6 is 0 Å². The third-order valence-corrected chi connectivity index (χ3v) is 6.36. The SMILES string of the molecule is O=C(Cn1nc(C(=O)O)cc1OCc1ccc(F)cc1C(F)(F)F)N[C@H]1CCCC[C@@H]1OCc1ccccc1. The average molecular weight is 550 g/mol. The van der Waals surface area contributed by atoms with Crippen LogP contribution < -0.4 is 10.1 Å². The molecular weight excluding hydrogens is 522 g/mol. The molecule has 1 fully saturated rings. The Morgan fingerprint density at radius 2 is 1.79 bits per heavy atom. The summed E-state index contributed by atoms with van der Waals surface area (Å²) in [6, 6.07) is 12.5. The first-order valence-corrected chi connectivity index (χ1v) is 12.3. The van der Waals surface area contributed by atoms with E-state index in [1.807, 2.05) is 30.3 Å². The maximum atomic E-state index is 13.4. The third-order valence-electron chi connectivity index (χ3n) is 6.36. The predicted octanol–water partition coefficient (Wildman–Crippen LogP) is 4.96. The summed E-state index contributed by atoms with van der Waals surface area (Å²) in [4.78, 5) is 24.4. The van der Waals surface area contributed by atoms with Crippen molar-refractivity contribution in [3.05, 3.63) is 82.8 Å². The minimum absolute atomic E-state index is 0.218. The van der Waals surface area contributed by atoms with E-state index >= 15 is 0 Å². The number of carbonyl (C=O) groups is 2. The molecule has 0 bridgehead atoms. The van der Waals surface area contributed by atoms with Gasteiger partial charge in [0, 0.05) is 11.6 Å². The van der Waals surface area contributed by atoms with Gasteiger partial charge in [0.05, 0.1) is 24.3 Å². The number of hydrogen-bond donors (Lipinski definition) is 2. The van der Waals surface area contributed by atoms with E-state index in [0.717, 1.165) is 47.7 Å². The van der Waals surface area contributed by atoms with Crippen LogP contribution in [0.4, 0.5) is 17.6 Å². The molecule has 1 saturated carbocycles. The van der Waals surface area contributed by atoms with E-state index in [-0.39, 0.29) is 23.6 Å². The van der Waals surface area contributed by atoms with E-state index in [9.17, 15) is 32.3 Å². The average Bonchev–Trinajstić information content (AvgIpc) is 3.30. The number of benzene rings is 2. The van der Waals surface area contributed by atoms with Gasteiger partial charge in [-0.05, 0) is 30.5 Å². The van der Waals surface area contributed by atoms with E-state index in [1.165, 1.54) is 0 Å². The lowest BCUT2D eigenvalue weighted by atomic mass is 9.92. The minimum Gasteiger partial charge on any atom is -0.476 e. The highest BCUT2D eigenvalue weighted by Gasteiger charge is 2.34. The number of ether oxygens (including phenoxy) is 2. The summed E-state index contributed by atoms with van der Waals surface area (Å²) in [5.41, 5.74) is -1.03. The largest absolute Gasteiger partial charge is 0.476 e. The van der Waals surface area contributed by atoms with Gasteiger partial charge in [0.2, 0.25) is 11.8 Å². The minimum atomic E-state index is -4.83. The first kappa shape index (κ1) is 28.1. The van der Waals surface area contributed by atoms with Crippen LogP contribution in [0.3, 0.4) is 0 Å². The molecule has 2 aromatic carbocycles. The molecule has 3 aromatic rings. The normalized spacial score (nSPS) is 17.5. The monoisotopic (exact) mass is 549 g/mol. The second-order valence-electron chi connectivity index (χ2n) is 9.21. The van der Waals surface area contributed by atoms with Gasteiger partial charge in [0.25, 0.3) is 0 Å². The summed E-state index contributed by atoms with van der Waals surface area (Å²) in [7, 11) is 0. The van der Waals surface area contributed by atoms with Gasteiger partial charge in [0.15, 0.2) is 5.69 Å². The number of nitrogens with zero attached hydrogens (tertiary/aromatic N) is 2. The van der Waals surface area contributed by atoms with Crippen molar-refractivity contribution >= 4 is 11.9 Å². The summed E-state index contributed by atoms with van der Waals surface area (Å²) in [6.07, 6.45) is -1.74. The van der Waals surface area contributed by atoms with Gasteiger partial charge in [-0.2, -0.15) is 18.3 Å². The number of aromatic carboxylic acids is 1. The summed E-state index contributed by atoms with van der Waals surface area (Å²) in [5.74, 6) is -3.17. The molecule has 1 amide bonds. The van der Waals surface area contributed by atoms with E-state index < -0.39 is 48.3 Å². The fourth-order valence-corrected chi connectivity index (χ4v) is 4.45. The standard InChI is InChI=1S/C27H27F4N3O5/c28-19-11-10-18(20(12-19)27(29,30)31)16-39-25-13-22(26(36)37)33-34(25)14-24(35)32-21-8-4-5-9-23(21)38-15-17-6-2-1-3-7-17/h1-3,6-7,10-13,21,23H,4-5,8-9,14-16H2,(H,32,35)(H,36,37)/t21-,23-/m0/s1. The predicted molar refractivity (Wildman–Crippen MR) is 130 cm³/mol. The number of hydrogen-bond acceptors (Lipinski definition) is 5. The summed E-state index contributed by atoms with van der Waals surface area (Å²) >= 11 is 0. The third kappa shape index (κ3) is 7.56. The maximum Gasteiger partial charge on any atom is 0.416 e. The second kappa shape index (κ2) is 12.3. The van der Waals surface area contributed by atoms with Crippen LogP contribution in [0.2, 0.25) is 0 Å². The van der Waals surface area contributed by atoms with Crippen LogP contribution in [0, 0.1) is 5.82 Å². The van der Waals surface area contributed by atoms with Crippen LogP contribution in [0.5, 0.6) is 5.88 Å². The Balaban J connectivity index is 1.43. The number of aromatic nitrogens is 2. The molecule has 1 aliphatic carbocycles. The van der Waals surface area contributed by atoms with E-state index in [1.54, 1.807) is 0 Å². The molecule has 1 heterocycles. The Bertz CT molecular complexity index is 1300. The number of alkyl halides is 3. The van der Waals surface area contributed by atoms with Crippen LogP contribution in [0.15, 0.2) is 54.6 Å². The Labute approximate surface area is 221 Å². The van der Waals surface area contributed by atoms with Crippen molar-refractivity contribution in [3.8, 4) is 5.88 Å². The highest BCUT2D eigenvalue weighted by Crippen LogP contribution is 2.33. The van der Waals surface area contributed by atoms with Crippen LogP contribution in [0.25, 0.3) is 0 Å². The van der Waals surface area contributed by atoms with Crippen molar-refractivity contribution in [2.45, 2.75) is 63.8 Å². The lowest BCUT2D eigenvalue weighted by molar-refractivity contribution is -0.138. The molecule has 0 unspecified atom stereocenters. The number of nitrogens with one attached hydrogen (secondary N) is 1. The molecule has 12 heteroatoms. The zero-order valence-corrected chi connectivity index (χ0v) is 20.8. The Kier molecular flexibility index (Phi) is 8.85. The van der Waals surface area contributed by atoms with Crippen molar-refractivity contribution in [1.29, 1.82) is 0 Å². The lowest BCUT2D eigenvalue weighted by Crippen LogP contribution is -2.47. The summed E-state index contributed by atoms with van der Waals surface area (Å²) < 4.78 is 65.9. The van der Waals surface area contributed by atoms with Crippen molar-refractivity contribution in [2.24, 2.45) is 0 Å². The van der Waals surface area contributed by atoms with Gasteiger partial charge >= 0.3 is 12.1 Å². The van der Waals surface area contributed by atoms with Gasteiger partial charge in [-0.3, -0.25) is 4.79 Å². The van der Waals surface area contributed by atoms with Crippen molar-refractivity contribution < 1.29 is 41.7 Å². The smallest absolute Gasteiger partial charge is 0.416 e. The van der Waals surface area contributed by atoms with Crippen LogP contribution in [-0.2, 0) is 35.5 Å². The lowest BCUT2D eigenvalue weighted by Gasteiger charge is -2.32. The molecule has 0 aliphatic heterocycles. The second-order valence-corrected chi connectivity index (χ2v) is 9.21. The number of halogens is 4. The molecule has 1 aliphatic rings. The van der Waals surface area contributed by atoms with Crippen molar-refractivity contribution in [1.82, 2.24) is 15.1 Å². The van der Waals surface area contributed by atoms with E-state index in [4.69, 9.17) is 9.47 Å². The first-order chi connectivity index (χ1) is 18.6. The highest BCUT2D eigenvalue weighted by molar-refractivity contribution is 5.85. The van der Waals surface area contributed by atoms with Gasteiger partial charge in [0.1, 0.15) is 19.0 Å². The Morgan fingerprint density at radius 1 is 1.05 bits per heavy atom. The summed E-state index contributed by atoms with van der Waals surface area (Å²) in [5, 5.41) is 16.1. The molecule has 0 spiro atoms.